The van der Waals surface area contributed by atoms with E-state index in [1.165, 1.54) is 0 Å². The summed E-state index contributed by atoms with van der Waals surface area (Å²) in [5.74, 6) is 1.94. The average molecular weight is 313 g/mol. The highest BCUT2D eigenvalue weighted by atomic mass is 16.6. The van der Waals surface area contributed by atoms with Crippen molar-refractivity contribution in [3.05, 3.63) is 54.1 Å². The van der Waals surface area contributed by atoms with Gasteiger partial charge in [0.2, 0.25) is 6.10 Å². The van der Waals surface area contributed by atoms with E-state index in [9.17, 15) is 4.79 Å². The van der Waals surface area contributed by atoms with Crippen LogP contribution in [0.5, 0.6) is 17.2 Å². The van der Waals surface area contributed by atoms with Crippen molar-refractivity contribution in [2.45, 2.75) is 12.6 Å². The number of amides is 1. The lowest BCUT2D eigenvalue weighted by molar-refractivity contribution is -0.140. The Bertz CT molecular complexity index is 701. The second-order valence-corrected chi connectivity index (χ2v) is 5.41. The van der Waals surface area contributed by atoms with Crippen molar-refractivity contribution < 1.29 is 19.0 Å². The molecule has 0 bridgehead atoms. The summed E-state index contributed by atoms with van der Waals surface area (Å²) in [5.41, 5.74) is 0.998. The zero-order valence-corrected chi connectivity index (χ0v) is 13.2. The maximum absolute atomic E-state index is 12.6. The molecule has 0 aromatic heterocycles. The van der Waals surface area contributed by atoms with Crippen molar-refractivity contribution in [1.82, 2.24) is 4.90 Å². The number of hydrogen-bond acceptors (Lipinski definition) is 4. The van der Waals surface area contributed by atoms with Gasteiger partial charge in [-0.15, -0.1) is 0 Å². The number of nitrogens with zero attached hydrogens (tertiary/aromatic N) is 1. The van der Waals surface area contributed by atoms with E-state index in [0.717, 1.165) is 11.3 Å². The van der Waals surface area contributed by atoms with Crippen LogP contribution in [0.1, 0.15) is 5.56 Å². The number of methoxy groups -OCH3 is 1. The second kappa shape index (κ2) is 6.60. The van der Waals surface area contributed by atoms with Crippen LogP contribution in [0.2, 0.25) is 0 Å². The number of carbonyl (C=O) groups is 1. The molecule has 0 N–H and O–H groups in total. The standard InChI is InChI=1S/C18H19NO4/c1-19(11-13-6-5-7-14(10-13)21-2)18(20)17-12-22-15-8-3-4-9-16(15)23-17/h3-10,17H,11-12H2,1-2H3/t17-/m0/s1. The number of para-hydroxylation sites is 2. The number of fused-ring (bicyclic) bond motifs is 1. The Kier molecular flexibility index (Phi) is 4.37. The van der Waals surface area contributed by atoms with Crippen molar-refractivity contribution in [1.29, 1.82) is 0 Å². The fourth-order valence-electron chi connectivity index (χ4n) is 2.51. The van der Waals surface area contributed by atoms with Crippen LogP contribution in [0.25, 0.3) is 0 Å². The first kappa shape index (κ1) is 15.2. The molecule has 0 unspecified atom stereocenters. The average Bonchev–Trinajstić information content (AvgIpc) is 2.60. The van der Waals surface area contributed by atoms with Gasteiger partial charge in [0.15, 0.2) is 11.5 Å². The van der Waals surface area contributed by atoms with Gasteiger partial charge in [-0.3, -0.25) is 4.79 Å². The fraction of sp³-hybridized carbons (Fsp3) is 0.278. The number of likely N-dealkylation sites (N-methyl/N-ethyl adjacent to an activating group) is 1. The van der Waals surface area contributed by atoms with E-state index >= 15 is 0 Å². The second-order valence-electron chi connectivity index (χ2n) is 5.41. The number of ether oxygens (including phenoxy) is 3. The highest BCUT2D eigenvalue weighted by Crippen LogP contribution is 2.31. The number of rotatable bonds is 4. The van der Waals surface area contributed by atoms with Crippen LogP contribution in [0, 0.1) is 0 Å². The summed E-state index contributed by atoms with van der Waals surface area (Å²) >= 11 is 0. The first-order chi connectivity index (χ1) is 11.2. The third-order valence-corrected chi connectivity index (χ3v) is 3.71. The molecule has 0 radical (unpaired) electrons. The molecular formula is C18H19NO4. The van der Waals surface area contributed by atoms with E-state index in [2.05, 4.69) is 0 Å². The molecule has 0 saturated heterocycles. The van der Waals surface area contributed by atoms with Crippen molar-refractivity contribution in [2.75, 3.05) is 20.8 Å². The topological polar surface area (TPSA) is 48.0 Å². The van der Waals surface area contributed by atoms with Gasteiger partial charge in [-0.1, -0.05) is 24.3 Å². The SMILES string of the molecule is COc1cccc(CN(C)C(=O)[C@@H]2COc3ccccc3O2)c1. The fourth-order valence-corrected chi connectivity index (χ4v) is 2.51. The number of hydrogen-bond donors (Lipinski definition) is 0. The maximum atomic E-state index is 12.6. The third kappa shape index (κ3) is 3.39. The number of benzene rings is 2. The van der Waals surface area contributed by atoms with Gasteiger partial charge in [0.25, 0.3) is 5.91 Å². The summed E-state index contributed by atoms with van der Waals surface area (Å²) in [5, 5.41) is 0. The Morgan fingerprint density at radius 2 is 2.00 bits per heavy atom. The molecule has 1 aliphatic heterocycles. The predicted molar refractivity (Wildman–Crippen MR) is 85.8 cm³/mol. The molecule has 0 fully saturated rings. The summed E-state index contributed by atoms with van der Waals surface area (Å²) in [7, 11) is 3.38. The molecule has 3 rings (SSSR count). The van der Waals surface area contributed by atoms with Crippen molar-refractivity contribution in [3.63, 3.8) is 0 Å². The molecule has 120 valence electrons. The Morgan fingerprint density at radius 3 is 2.78 bits per heavy atom. The Morgan fingerprint density at radius 1 is 1.22 bits per heavy atom. The Labute approximate surface area is 135 Å². The van der Waals surface area contributed by atoms with E-state index in [-0.39, 0.29) is 12.5 Å². The molecule has 1 aliphatic rings. The molecule has 0 saturated carbocycles. The quantitative estimate of drug-likeness (QED) is 0.870. The molecule has 2 aromatic rings. The normalized spacial score (nSPS) is 15.8. The highest BCUT2D eigenvalue weighted by molar-refractivity contribution is 5.81. The highest BCUT2D eigenvalue weighted by Gasteiger charge is 2.29. The van der Waals surface area contributed by atoms with Crippen molar-refractivity contribution in [2.24, 2.45) is 0 Å². The van der Waals surface area contributed by atoms with Gasteiger partial charge in [-0.2, -0.15) is 0 Å². The maximum Gasteiger partial charge on any atom is 0.267 e. The van der Waals surface area contributed by atoms with E-state index < -0.39 is 6.10 Å². The van der Waals surface area contributed by atoms with E-state index in [0.29, 0.717) is 18.0 Å². The molecule has 1 heterocycles. The van der Waals surface area contributed by atoms with Gasteiger partial charge in [0, 0.05) is 13.6 Å². The summed E-state index contributed by atoms with van der Waals surface area (Å²) in [6.45, 7) is 0.704. The zero-order chi connectivity index (χ0) is 16.2. The van der Waals surface area contributed by atoms with Crippen molar-refractivity contribution >= 4 is 5.91 Å². The zero-order valence-electron chi connectivity index (χ0n) is 13.2. The largest absolute Gasteiger partial charge is 0.497 e. The molecule has 23 heavy (non-hydrogen) atoms. The lowest BCUT2D eigenvalue weighted by atomic mass is 10.2. The van der Waals surface area contributed by atoms with Crippen LogP contribution in [0.3, 0.4) is 0 Å². The summed E-state index contributed by atoms with van der Waals surface area (Å²) in [6.07, 6.45) is -0.625. The van der Waals surface area contributed by atoms with Crippen LogP contribution in [-0.2, 0) is 11.3 Å². The molecule has 5 heteroatoms. The van der Waals surface area contributed by atoms with Crippen LogP contribution >= 0.6 is 0 Å². The van der Waals surface area contributed by atoms with Crippen LogP contribution in [-0.4, -0.2) is 37.7 Å². The minimum Gasteiger partial charge on any atom is -0.497 e. The predicted octanol–water partition coefficient (Wildman–Crippen LogP) is 2.49. The lowest BCUT2D eigenvalue weighted by Gasteiger charge is -2.28. The minimum atomic E-state index is -0.625. The van der Waals surface area contributed by atoms with E-state index in [4.69, 9.17) is 14.2 Å². The third-order valence-electron chi connectivity index (χ3n) is 3.71. The van der Waals surface area contributed by atoms with Crippen molar-refractivity contribution in [3.8, 4) is 17.2 Å². The molecule has 1 atom stereocenters. The molecule has 0 aliphatic carbocycles. The van der Waals surface area contributed by atoms with Crippen LogP contribution in [0.4, 0.5) is 0 Å². The van der Waals surface area contributed by atoms with E-state index in [1.54, 1.807) is 25.1 Å². The number of carbonyl (C=O) groups excluding carboxylic acids is 1. The molecule has 1 amide bonds. The van der Waals surface area contributed by atoms with Gasteiger partial charge in [0.1, 0.15) is 12.4 Å². The summed E-state index contributed by atoms with van der Waals surface area (Å²) < 4.78 is 16.6. The Balaban J connectivity index is 1.66. The van der Waals surface area contributed by atoms with Gasteiger partial charge < -0.3 is 19.1 Å². The van der Waals surface area contributed by atoms with Gasteiger partial charge in [0.05, 0.1) is 7.11 Å². The van der Waals surface area contributed by atoms with Crippen LogP contribution in [0.15, 0.2) is 48.5 Å². The van der Waals surface area contributed by atoms with Gasteiger partial charge in [-0.25, -0.2) is 0 Å². The summed E-state index contributed by atoms with van der Waals surface area (Å²) in [6, 6.07) is 15.0. The first-order valence-corrected chi connectivity index (χ1v) is 7.44. The van der Waals surface area contributed by atoms with Gasteiger partial charge >= 0.3 is 0 Å². The Hall–Kier alpha value is -2.69. The molecule has 0 spiro atoms. The summed E-state index contributed by atoms with van der Waals surface area (Å²) in [4.78, 5) is 14.2. The smallest absolute Gasteiger partial charge is 0.267 e. The van der Waals surface area contributed by atoms with Crippen LogP contribution < -0.4 is 14.2 Å². The molecule has 5 nitrogen and oxygen atoms in total. The van der Waals surface area contributed by atoms with E-state index in [1.807, 2.05) is 42.5 Å². The lowest BCUT2D eigenvalue weighted by Crippen LogP contribution is -2.44. The minimum absolute atomic E-state index is 0.109. The molecule has 2 aromatic carbocycles. The first-order valence-electron chi connectivity index (χ1n) is 7.44. The molecular weight excluding hydrogens is 294 g/mol. The van der Waals surface area contributed by atoms with Gasteiger partial charge in [-0.05, 0) is 29.8 Å². The monoisotopic (exact) mass is 313 g/mol.